The van der Waals surface area contributed by atoms with E-state index in [4.69, 9.17) is 15.0 Å². The summed E-state index contributed by atoms with van der Waals surface area (Å²) in [6.07, 6.45) is 0. The number of thiophene rings is 1. The molecule has 0 fully saturated rings. The highest BCUT2D eigenvalue weighted by Crippen LogP contribution is 2.43. The van der Waals surface area contributed by atoms with Crippen molar-refractivity contribution in [1.29, 1.82) is 0 Å². The SMILES string of the molecule is c1ccc(-c2nc(-c3ccccc3)nc(-c3cc4ccc5sc6ccccc6c5c4c4ccccc34)n2)cc1. The Hall–Kier alpha value is -4.93. The van der Waals surface area contributed by atoms with E-state index in [0.29, 0.717) is 17.5 Å². The molecule has 0 atom stereocenters. The molecule has 0 radical (unpaired) electrons. The van der Waals surface area contributed by atoms with E-state index >= 15 is 0 Å². The van der Waals surface area contributed by atoms with Gasteiger partial charge in [0, 0.05) is 36.9 Å². The molecule has 0 aliphatic carbocycles. The molecule has 0 N–H and O–H groups in total. The van der Waals surface area contributed by atoms with Crippen LogP contribution in [0.15, 0.2) is 127 Å². The molecule has 0 unspecified atom stereocenters. The van der Waals surface area contributed by atoms with Crippen molar-refractivity contribution in [3.63, 3.8) is 0 Å². The summed E-state index contributed by atoms with van der Waals surface area (Å²) >= 11 is 1.85. The van der Waals surface area contributed by atoms with Crippen molar-refractivity contribution in [2.75, 3.05) is 0 Å². The monoisotopic (exact) mass is 515 g/mol. The van der Waals surface area contributed by atoms with Crippen LogP contribution >= 0.6 is 11.3 Å². The quantitative estimate of drug-likeness (QED) is 0.220. The van der Waals surface area contributed by atoms with Gasteiger partial charge in [-0.3, -0.25) is 0 Å². The largest absolute Gasteiger partial charge is 0.208 e. The van der Waals surface area contributed by atoms with Gasteiger partial charge in [0.2, 0.25) is 0 Å². The molecular formula is C35H21N3S. The Morgan fingerprint density at radius 3 is 1.67 bits per heavy atom. The zero-order chi connectivity index (χ0) is 25.8. The average molecular weight is 516 g/mol. The second kappa shape index (κ2) is 8.83. The van der Waals surface area contributed by atoms with Gasteiger partial charge >= 0.3 is 0 Å². The number of hydrogen-bond acceptors (Lipinski definition) is 4. The molecule has 3 nitrogen and oxygen atoms in total. The standard InChI is InChI=1S/C35H21N3S/c1-3-11-22(12-4-1)33-36-34(23-13-5-2-6-14-23)38-35(37-33)28-21-24-19-20-30-32(27-17-9-10-18-29(27)39-30)31(24)26-16-8-7-15-25(26)28/h1-21H. The highest BCUT2D eigenvalue weighted by Gasteiger charge is 2.18. The van der Waals surface area contributed by atoms with Gasteiger partial charge in [-0.05, 0) is 39.7 Å². The van der Waals surface area contributed by atoms with E-state index in [2.05, 4.69) is 66.7 Å². The summed E-state index contributed by atoms with van der Waals surface area (Å²) in [5, 5.41) is 7.44. The molecule has 39 heavy (non-hydrogen) atoms. The molecule has 0 aliphatic heterocycles. The Bertz CT molecular complexity index is 2110. The second-order valence-corrected chi connectivity index (χ2v) is 10.7. The number of hydrogen-bond donors (Lipinski definition) is 0. The Labute approximate surface area is 229 Å². The minimum atomic E-state index is 0.669. The maximum Gasteiger partial charge on any atom is 0.164 e. The molecule has 0 bridgehead atoms. The lowest BCUT2D eigenvalue weighted by molar-refractivity contribution is 1.08. The predicted molar refractivity (Wildman–Crippen MR) is 164 cm³/mol. The van der Waals surface area contributed by atoms with Crippen LogP contribution in [0.25, 0.3) is 75.9 Å². The van der Waals surface area contributed by atoms with Gasteiger partial charge in [0.05, 0.1) is 0 Å². The molecule has 0 aliphatic rings. The first-order valence-electron chi connectivity index (χ1n) is 13.0. The molecule has 0 amide bonds. The van der Waals surface area contributed by atoms with Gasteiger partial charge in [-0.15, -0.1) is 11.3 Å². The topological polar surface area (TPSA) is 38.7 Å². The summed E-state index contributed by atoms with van der Waals surface area (Å²) in [5.74, 6) is 2.02. The molecule has 0 saturated carbocycles. The van der Waals surface area contributed by atoms with E-state index in [-0.39, 0.29) is 0 Å². The van der Waals surface area contributed by atoms with Crippen LogP contribution in [0, 0.1) is 0 Å². The molecular weight excluding hydrogens is 494 g/mol. The number of fused-ring (bicyclic) bond motifs is 7. The van der Waals surface area contributed by atoms with Crippen LogP contribution in [-0.4, -0.2) is 15.0 Å². The van der Waals surface area contributed by atoms with Gasteiger partial charge in [-0.1, -0.05) is 109 Å². The molecule has 0 spiro atoms. The molecule has 182 valence electrons. The second-order valence-electron chi connectivity index (χ2n) is 9.64. The lowest BCUT2D eigenvalue weighted by atomic mass is 9.94. The van der Waals surface area contributed by atoms with Crippen LogP contribution in [0.4, 0.5) is 0 Å². The zero-order valence-electron chi connectivity index (χ0n) is 20.9. The van der Waals surface area contributed by atoms with Crippen molar-refractivity contribution in [2.45, 2.75) is 0 Å². The van der Waals surface area contributed by atoms with E-state index in [1.807, 2.05) is 72.0 Å². The molecule has 8 aromatic rings. The van der Waals surface area contributed by atoms with Gasteiger partial charge < -0.3 is 0 Å². The van der Waals surface area contributed by atoms with Crippen LogP contribution in [-0.2, 0) is 0 Å². The van der Waals surface area contributed by atoms with Gasteiger partial charge in [0.15, 0.2) is 17.5 Å². The average Bonchev–Trinajstić information content (AvgIpc) is 3.40. The first kappa shape index (κ1) is 22.1. The van der Waals surface area contributed by atoms with Crippen molar-refractivity contribution in [2.24, 2.45) is 0 Å². The smallest absolute Gasteiger partial charge is 0.164 e. The van der Waals surface area contributed by atoms with E-state index in [1.165, 1.54) is 36.3 Å². The maximum absolute atomic E-state index is 5.04. The number of nitrogens with zero attached hydrogens (tertiary/aromatic N) is 3. The van der Waals surface area contributed by atoms with Gasteiger partial charge in [0.25, 0.3) is 0 Å². The normalized spacial score (nSPS) is 11.6. The Morgan fingerprint density at radius 1 is 0.410 bits per heavy atom. The summed E-state index contributed by atoms with van der Waals surface area (Å²) in [6.45, 7) is 0. The van der Waals surface area contributed by atoms with Crippen molar-refractivity contribution in [3.8, 4) is 34.2 Å². The lowest BCUT2D eigenvalue weighted by Crippen LogP contribution is -2.00. The van der Waals surface area contributed by atoms with Crippen molar-refractivity contribution in [3.05, 3.63) is 127 Å². The number of aromatic nitrogens is 3. The Balaban J connectivity index is 1.47. The van der Waals surface area contributed by atoms with Crippen LogP contribution < -0.4 is 0 Å². The number of rotatable bonds is 3. The van der Waals surface area contributed by atoms with Crippen LogP contribution in [0.5, 0.6) is 0 Å². The maximum atomic E-state index is 5.04. The highest BCUT2D eigenvalue weighted by atomic mass is 32.1. The molecule has 6 aromatic carbocycles. The predicted octanol–water partition coefficient (Wildman–Crippen LogP) is 9.55. The first-order chi connectivity index (χ1) is 19.3. The van der Waals surface area contributed by atoms with Crippen molar-refractivity contribution < 1.29 is 0 Å². The van der Waals surface area contributed by atoms with Crippen LogP contribution in [0.3, 0.4) is 0 Å². The lowest BCUT2D eigenvalue weighted by Gasteiger charge is -2.13. The Morgan fingerprint density at radius 2 is 0.974 bits per heavy atom. The van der Waals surface area contributed by atoms with E-state index < -0.39 is 0 Å². The zero-order valence-corrected chi connectivity index (χ0v) is 21.7. The van der Waals surface area contributed by atoms with Gasteiger partial charge in [-0.2, -0.15) is 0 Å². The summed E-state index contributed by atoms with van der Waals surface area (Å²) in [4.78, 5) is 15.0. The summed E-state index contributed by atoms with van der Waals surface area (Å²) in [6, 6.07) is 44.3. The minimum absolute atomic E-state index is 0.669. The third-order valence-corrected chi connectivity index (χ3v) is 8.44. The fraction of sp³-hybridized carbons (Fsp3) is 0. The van der Waals surface area contributed by atoms with E-state index in [1.54, 1.807) is 0 Å². The molecule has 8 rings (SSSR count). The first-order valence-corrected chi connectivity index (χ1v) is 13.8. The van der Waals surface area contributed by atoms with Crippen LogP contribution in [0.1, 0.15) is 0 Å². The molecule has 2 heterocycles. The highest BCUT2D eigenvalue weighted by molar-refractivity contribution is 7.26. The third-order valence-electron chi connectivity index (χ3n) is 7.30. The fourth-order valence-corrected chi connectivity index (χ4v) is 6.64. The van der Waals surface area contributed by atoms with Crippen molar-refractivity contribution >= 4 is 53.1 Å². The fourth-order valence-electron chi connectivity index (χ4n) is 5.53. The molecule has 4 heteroatoms. The summed E-state index contributed by atoms with van der Waals surface area (Å²) in [7, 11) is 0. The van der Waals surface area contributed by atoms with Gasteiger partial charge in [-0.25, -0.2) is 15.0 Å². The minimum Gasteiger partial charge on any atom is -0.208 e. The van der Waals surface area contributed by atoms with Crippen molar-refractivity contribution in [1.82, 2.24) is 15.0 Å². The summed E-state index contributed by atoms with van der Waals surface area (Å²) in [5.41, 5.74) is 2.94. The van der Waals surface area contributed by atoms with E-state index in [0.717, 1.165) is 22.1 Å². The van der Waals surface area contributed by atoms with Gasteiger partial charge in [0.1, 0.15) is 0 Å². The number of benzene rings is 6. The van der Waals surface area contributed by atoms with Crippen LogP contribution in [0.2, 0.25) is 0 Å². The molecule has 2 aromatic heterocycles. The third kappa shape index (κ3) is 3.61. The summed E-state index contributed by atoms with van der Waals surface area (Å²) < 4.78 is 2.62. The molecule has 0 saturated heterocycles. The van der Waals surface area contributed by atoms with E-state index in [9.17, 15) is 0 Å². The Kier molecular flexibility index (Phi) is 5.00.